The van der Waals surface area contributed by atoms with E-state index in [0.29, 0.717) is 5.56 Å². The van der Waals surface area contributed by atoms with Crippen molar-refractivity contribution in [3.8, 4) is 11.8 Å². The number of unbranched alkanes of at least 4 members (excludes halogenated alkanes) is 2. The second kappa shape index (κ2) is 6.99. The number of hydrogen-bond donors (Lipinski definition) is 0. The van der Waals surface area contributed by atoms with Gasteiger partial charge in [0.05, 0.1) is 7.11 Å². The van der Waals surface area contributed by atoms with E-state index in [1.54, 1.807) is 0 Å². The minimum absolute atomic E-state index is 0.321. The van der Waals surface area contributed by atoms with Gasteiger partial charge < -0.3 is 9.30 Å². The van der Waals surface area contributed by atoms with Crippen molar-refractivity contribution >= 4 is 16.9 Å². The fourth-order valence-electron chi connectivity index (χ4n) is 2.48. The number of hydrogen-bond acceptors (Lipinski definition) is 2. The van der Waals surface area contributed by atoms with Gasteiger partial charge in [0.15, 0.2) is 0 Å². The number of aryl methyl sites for hydroxylation is 1. The quantitative estimate of drug-likeness (QED) is 0.482. The highest BCUT2D eigenvalue weighted by Gasteiger charge is 2.21. The highest BCUT2D eigenvalue weighted by molar-refractivity contribution is 6.06. The van der Waals surface area contributed by atoms with Gasteiger partial charge in [-0.05, 0) is 25.3 Å². The van der Waals surface area contributed by atoms with Gasteiger partial charge in [0, 0.05) is 23.9 Å². The maximum absolute atomic E-state index is 12.2. The van der Waals surface area contributed by atoms with Crippen LogP contribution in [0, 0.1) is 11.8 Å². The lowest BCUT2D eigenvalue weighted by molar-refractivity contribution is 0.0602. The molecule has 0 saturated heterocycles. The molecule has 0 aliphatic carbocycles. The molecule has 0 aliphatic rings. The first kappa shape index (κ1) is 15.2. The summed E-state index contributed by atoms with van der Waals surface area (Å²) in [6.45, 7) is 4.98. The van der Waals surface area contributed by atoms with Crippen LogP contribution in [-0.2, 0) is 11.3 Å². The number of carbonyl (C=O) groups is 1. The largest absolute Gasteiger partial charge is 0.465 e. The fourth-order valence-corrected chi connectivity index (χ4v) is 2.48. The number of para-hydroxylation sites is 1. The van der Waals surface area contributed by atoms with E-state index in [1.807, 2.05) is 24.3 Å². The predicted molar refractivity (Wildman–Crippen MR) is 85.4 cm³/mol. The lowest BCUT2D eigenvalue weighted by Gasteiger charge is -2.03. The average molecular weight is 283 g/mol. The first-order chi connectivity index (χ1) is 10.2. The third-order valence-corrected chi connectivity index (χ3v) is 3.54. The number of ether oxygens (including phenoxy) is 1. The second-order valence-corrected chi connectivity index (χ2v) is 4.88. The molecule has 0 saturated carbocycles. The van der Waals surface area contributed by atoms with Crippen LogP contribution >= 0.6 is 0 Å². The Hall–Kier alpha value is -2.21. The summed E-state index contributed by atoms with van der Waals surface area (Å²) >= 11 is 0. The van der Waals surface area contributed by atoms with Crippen LogP contribution in [0.15, 0.2) is 24.3 Å². The zero-order valence-electron chi connectivity index (χ0n) is 12.9. The highest BCUT2D eigenvalue weighted by atomic mass is 16.5. The Morgan fingerprint density at radius 3 is 2.71 bits per heavy atom. The van der Waals surface area contributed by atoms with Crippen LogP contribution in [0.2, 0.25) is 0 Å². The van der Waals surface area contributed by atoms with Crippen LogP contribution in [0.4, 0.5) is 0 Å². The Kier molecular flexibility index (Phi) is 5.05. The van der Waals surface area contributed by atoms with Gasteiger partial charge in [-0.1, -0.05) is 37.5 Å². The molecule has 0 spiro atoms. The van der Waals surface area contributed by atoms with E-state index >= 15 is 0 Å². The third-order valence-electron chi connectivity index (χ3n) is 3.54. The van der Waals surface area contributed by atoms with Gasteiger partial charge in [0.25, 0.3) is 0 Å². The van der Waals surface area contributed by atoms with Crippen LogP contribution in [0.1, 0.15) is 49.2 Å². The lowest BCUT2D eigenvalue weighted by Crippen LogP contribution is -2.05. The van der Waals surface area contributed by atoms with E-state index in [9.17, 15) is 4.79 Å². The number of nitrogens with zero attached hydrogens (tertiary/aromatic N) is 1. The fraction of sp³-hybridized carbons (Fsp3) is 0.389. The summed E-state index contributed by atoms with van der Waals surface area (Å²) in [5.74, 6) is 6.04. The van der Waals surface area contributed by atoms with Crippen LogP contribution in [0.3, 0.4) is 0 Å². The van der Waals surface area contributed by atoms with E-state index in [1.165, 1.54) is 7.11 Å². The summed E-state index contributed by atoms with van der Waals surface area (Å²) in [5, 5.41) is 0.908. The molecule has 3 heteroatoms. The molecule has 110 valence electrons. The number of methoxy groups -OCH3 is 1. The summed E-state index contributed by atoms with van der Waals surface area (Å²) in [7, 11) is 1.41. The number of fused-ring (bicyclic) bond motifs is 1. The summed E-state index contributed by atoms with van der Waals surface area (Å²) in [6, 6.07) is 7.88. The molecular formula is C18H21NO2. The molecule has 0 bridgehead atoms. The average Bonchev–Trinajstić information content (AvgIpc) is 2.84. The van der Waals surface area contributed by atoms with E-state index in [4.69, 9.17) is 4.74 Å². The van der Waals surface area contributed by atoms with Crippen LogP contribution in [-0.4, -0.2) is 17.6 Å². The summed E-state index contributed by atoms with van der Waals surface area (Å²) < 4.78 is 7.03. The van der Waals surface area contributed by atoms with Crippen LogP contribution in [0.25, 0.3) is 10.9 Å². The molecule has 2 rings (SSSR count). The molecule has 0 atom stereocenters. The van der Waals surface area contributed by atoms with Crippen molar-refractivity contribution < 1.29 is 9.53 Å². The van der Waals surface area contributed by atoms with Crippen LogP contribution in [0.5, 0.6) is 0 Å². The third kappa shape index (κ3) is 2.95. The predicted octanol–water partition coefficient (Wildman–Crippen LogP) is 3.99. The Bertz CT molecular complexity index is 701. The molecule has 3 nitrogen and oxygen atoms in total. The number of aromatic nitrogens is 1. The van der Waals surface area contributed by atoms with Crippen LogP contribution < -0.4 is 0 Å². The Labute approximate surface area is 125 Å². The van der Waals surface area contributed by atoms with Gasteiger partial charge >= 0.3 is 5.97 Å². The minimum atomic E-state index is -0.321. The van der Waals surface area contributed by atoms with Crippen molar-refractivity contribution in [2.24, 2.45) is 0 Å². The monoisotopic (exact) mass is 283 g/mol. The van der Waals surface area contributed by atoms with E-state index in [2.05, 4.69) is 30.3 Å². The zero-order valence-corrected chi connectivity index (χ0v) is 12.9. The van der Waals surface area contributed by atoms with Gasteiger partial charge in [-0.15, -0.1) is 0 Å². The first-order valence-corrected chi connectivity index (χ1v) is 7.43. The van der Waals surface area contributed by atoms with Gasteiger partial charge in [-0.3, -0.25) is 0 Å². The van der Waals surface area contributed by atoms with Gasteiger partial charge in [-0.25, -0.2) is 4.79 Å². The summed E-state index contributed by atoms with van der Waals surface area (Å²) in [6.07, 6.45) is 3.05. The first-order valence-electron chi connectivity index (χ1n) is 7.43. The molecule has 0 radical (unpaired) electrons. The summed E-state index contributed by atoms with van der Waals surface area (Å²) in [4.78, 5) is 12.2. The number of esters is 1. The number of carbonyl (C=O) groups excluding carboxylic acids is 1. The molecule has 1 aromatic heterocycles. The molecule has 1 heterocycles. The Balaban J connectivity index is 2.63. The number of benzene rings is 1. The SMILES string of the molecule is CCCCC#Cc1c(C(=O)OC)c2ccccc2n1CC. The van der Waals surface area contributed by atoms with Crippen molar-refractivity contribution in [2.75, 3.05) is 7.11 Å². The summed E-state index contributed by atoms with van der Waals surface area (Å²) in [5.41, 5.74) is 2.38. The molecule has 0 aliphatic heterocycles. The number of rotatable bonds is 4. The molecule has 21 heavy (non-hydrogen) atoms. The minimum Gasteiger partial charge on any atom is -0.465 e. The van der Waals surface area contributed by atoms with Crippen molar-refractivity contribution in [3.63, 3.8) is 0 Å². The van der Waals surface area contributed by atoms with Crippen molar-refractivity contribution in [2.45, 2.75) is 39.7 Å². The van der Waals surface area contributed by atoms with E-state index in [-0.39, 0.29) is 5.97 Å². The van der Waals surface area contributed by atoms with Crippen molar-refractivity contribution in [3.05, 3.63) is 35.5 Å². The van der Waals surface area contributed by atoms with Crippen molar-refractivity contribution in [1.29, 1.82) is 0 Å². The maximum atomic E-state index is 12.2. The molecule has 0 unspecified atom stereocenters. The van der Waals surface area contributed by atoms with Crippen molar-refractivity contribution in [1.82, 2.24) is 4.57 Å². The molecular weight excluding hydrogens is 262 g/mol. The Morgan fingerprint density at radius 2 is 2.05 bits per heavy atom. The topological polar surface area (TPSA) is 31.2 Å². The molecule has 0 N–H and O–H groups in total. The molecule has 1 aromatic carbocycles. The smallest absolute Gasteiger partial charge is 0.341 e. The second-order valence-electron chi connectivity index (χ2n) is 4.88. The lowest BCUT2D eigenvalue weighted by atomic mass is 10.1. The molecule has 2 aromatic rings. The maximum Gasteiger partial charge on any atom is 0.341 e. The van der Waals surface area contributed by atoms with Gasteiger partial charge in [0.1, 0.15) is 11.3 Å². The zero-order chi connectivity index (χ0) is 15.2. The standard InChI is InChI=1S/C18H21NO2/c1-4-6-7-8-13-16-17(18(20)21-3)14-11-9-10-12-15(14)19(16)5-2/h9-12H,4-7H2,1-3H3. The van der Waals surface area contributed by atoms with E-state index < -0.39 is 0 Å². The van der Waals surface area contributed by atoms with E-state index in [0.717, 1.165) is 42.4 Å². The normalized spacial score (nSPS) is 10.2. The Morgan fingerprint density at radius 1 is 1.29 bits per heavy atom. The van der Waals surface area contributed by atoms with Gasteiger partial charge in [0.2, 0.25) is 0 Å². The molecule has 0 fully saturated rings. The molecule has 0 amide bonds. The highest BCUT2D eigenvalue weighted by Crippen LogP contribution is 2.26. The van der Waals surface area contributed by atoms with Gasteiger partial charge in [-0.2, -0.15) is 0 Å².